The number of nitrogens with one attached hydrogen (secondary N) is 1. The van der Waals surface area contributed by atoms with Gasteiger partial charge in [-0.25, -0.2) is 0 Å². The van der Waals surface area contributed by atoms with Crippen molar-refractivity contribution in [1.29, 1.82) is 0 Å². The highest BCUT2D eigenvalue weighted by molar-refractivity contribution is 5.92. The molecule has 0 spiro atoms. The smallest absolute Gasteiger partial charge is 0.392 e. The summed E-state index contributed by atoms with van der Waals surface area (Å²) >= 11 is 0. The number of benzene rings is 1. The molecule has 1 atom stereocenters. The highest BCUT2D eigenvalue weighted by Gasteiger charge is 2.30. The molecule has 1 rings (SSSR count). The number of anilines is 1. The van der Waals surface area contributed by atoms with E-state index in [0.717, 1.165) is 12.1 Å². The van der Waals surface area contributed by atoms with Gasteiger partial charge in [-0.15, -0.1) is 0 Å². The fourth-order valence-corrected chi connectivity index (χ4v) is 1.96. The molecule has 22 heavy (non-hydrogen) atoms. The Morgan fingerprint density at radius 2 is 1.95 bits per heavy atom. The molecule has 2 N–H and O–H groups in total. The maximum atomic E-state index is 12.6. The molecule has 7 heteroatoms. The SMILES string of the molecule is CC(O)CN(CC(=O)Nc1cccc(C(F)(F)F)c1)C(C)C. The lowest BCUT2D eigenvalue weighted by molar-refractivity contribution is -0.137. The molecule has 0 saturated heterocycles. The molecule has 124 valence electrons. The van der Waals surface area contributed by atoms with Crippen molar-refractivity contribution in [2.45, 2.75) is 39.1 Å². The first-order valence-electron chi connectivity index (χ1n) is 6.99. The zero-order valence-electron chi connectivity index (χ0n) is 12.8. The van der Waals surface area contributed by atoms with Crippen molar-refractivity contribution in [1.82, 2.24) is 4.90 Å². The first-order valence-corrected chi connectivity index (χ1v) is 6.99. The maximum Gasteiger partial charge on any atom is 0.416 e. The van der Waals surface area contributed by atoms with Crippen LogP contribution in [0.3, 0.4) is 0 Å². The molecule has 0 heterocycles. The van der Waals surface area contributed by atoms with E-state index >= 15 is 0 Å². The molecule has 0 aliphatic heterocycles. The van der Waals surface area contributed by atoms with Crippen molar-refractivity contribution >= 4 is 11.6 Å². The number of aliphatic hydroxyl groups excluding tert-OH is 1. The summed E-state index contributed by atoms with van der Waals surface area (Å²) < 4.78 is 37.8. The first kappa shape index (κ1) is 18.4. The number of carbonyl (C=O) groups excluding carboxylic acids is 1. The van der Waals surface area contributed by atoms with Gasteiger partial charge in [0.2, 0.25) is 5.91 Å². The summed E-state index contributed by atoms with van der Waals surface area (Å²) in [6, 6.07) is 4.52. The van der Waals surface area contributed by atoms with Gasteiger partial charge in [0.05, 0.1) is 18.2 Å². The van der Waals surface area contributed by atoms with E-state index in [1.165, 1.54) is 12.1 Å². The van der Waals surface area contributed by atoms with Gasteiger partial charge >= 0.3 is 6.18 Å². The molecule has 0 fully saturated rings. The number of carbonyl (C=O) groups is 1. The van der Waals surface area contributed by atoms with Gasteiger partial charge in [0.15, 0.2) is 0 Å². The van der Waals surface area contributed by atoms with Crippen LogP contribution in [0.4, 0.5) is 18.9 Å². The van der Waals surface area contributed by atoms with E-state index in [-0.39, 0.29) is 18.3 Å². The molecule has 0 saturated carbocycles. The van der Waals surface area contributed by atoms with Crippen molar-refractivity contribution in [3.8, 4) is 0 Å². The van der Waals surface area contributed by atoms with E-state index in [0.29, 0.717) is 6.54 Å². The van der Waals surface area contributed by atoms with Gasteiger partial charge in [0.25, 0.3) is 0 Å². The lowest BCUT2D eigenvalue weighted by atomic mass is 10.2. The Morgan fingerprint density at radius 1 is 1.32 bits per heavy atom. The van der Waals surface area contributed by atoms with Crippen LogP contribution in [0.15, 0.2) is 24.3 Å². The number of alkyl halides is 3. The third-order valence-electron chi connectivity index (χ3n) is 3.05. The van der Waals surface area contributed by atoms with Crippen LogP contribution in [-0.2, 0) is 11.0 Å². The second kappa shape index (κ2) is 7.60. The van der Waals surface area contributed by atoms with Crippen molar-refractivity contribution in [2.24, 2.45) is 0 Å². The third kappa shape index (κ3) is 6.03. The van der Waals surface area contributed by atoms with E-state index in [1.807, 2.05) is 13.8 Å². The van der Waals surface area contributed by atoms with Crippen LogP contribution in [0.1, 0.15) is 26.3 Å². The summed E-state index contributed by atoms with van der Waals surface area (Å²) in [6.07, 6.45) is -5.04. The Morgan fingerprint density at radius 3 is 2.45 bits per heavy atom. The number of hydrogen-bond acceptors (Lipinski definition) is 3. The normalized spacial score (nSPS) is 13.5. The number of amides is 1. The zero-order valence-corrected chi connectivity index (χ0v) is 12.8. The minimum absolute atomic E-state index is 0.00118. The summed E-state index contributed by atoms with van der Waals surface area (Å²) in [5.41, 5.74) is -0.712. The van der Waals surface area contributed by atoms with E-state index in [2.05, 4.69) is 5.32 Å². The molecule has 1 aromatic rings. The second-order valence-electron chi connectivity index (χ2n) is 5.50. The predicted octanol–water partition coefficient (Wildman–Crippen LogP) is 2.74. The van der Waals surface area contributed by atoms with Crippen LogP contribution in [0.5, 0.6) is 0 Å². The third-order valence-corrected chi connectivity index (χ3v) is 3.05. The molecule has 4 nitrogen and oxygen atoms in total. The van der Waals surface area contributed by atoms with Crippen LogP contribution in [0.25, 0.3) is 0 Å². The topological polar surface area (TPSA) is 52.6 Å². The molecule has 0 radical (unpaired) electrons. The van der Waals surface area contributed by atoms with Crippen LogP contribution in [0, 0.1) is 0 Å². The van der Waals surface area contributed by atoms with Gasteiger partial charge in [0.1, 0.15) is 0 Å². The molecule has 1 aromatic carbocycles. The van der Waals surface area contributed by atoms with Gasteiger partial charge in [-0.1, -0.05) is 6.07 Å². The Balaban J connectivity index is 2.72. The molecule has 0 aliphatic rings. The standard InChI is InChI=1S/C15H21F3N2O2/c1-10(2)20(8-11(3)21)9-14(22)19-13-6-4-5-12(7-13)15(16,17)18/h4-7,10-11,21H,8-9H2,1-3H3,(H,19,22). The van der Waals surface area contributed by atoms with Crippen LogP contribution < -0.4 is 5.32 Å². The number of halogens is 3. The monoisotopic (exact) mass is 318 g/mol. The summed E-state index contributed by atoms with van der Waals surface area (Å²) in [5, 5.41) is 11.9. The number of aliphatic hydroxyl groups is 1. The molecular weight excluding hydrogens is 297 g/mol. The second-order valence-corrected chi connectivity index (χ2v) is 5.50. The summed E-state index contributed by atoms with van der Waals surface area (Å²) in [6.45, 7) is 5.67. The predicted molar refractivity (Wildman–Crippen MR) is 78.5 cm³/mol. The van der Waals surface area contributed by atoms with Gasteiger partial charge in [-0.3, -0.25) is 9.69 Å². The first-order chi connectivity index (χ1) is 10.1. The lowest BCUT2D eigenvalue weighted by Gasteiger charge is -2.27. The van der Waals surface area contributed by atoms with Gasteiger partial charge in [-0.2, -0.15) is 13.2 Å². The number of hydrogen-bond donors (Lipinski definition) is 2. The Bertz CT molecular complexity index is 502. The van der Waals surface area contributed by atoms with Gasteiger partial charge in [0, 0.05) is 18.3 Å². The highest BCUT2D eigenvalue weighted by atomic mass is 19.4. The fourth-order valence-electron chi connectivity index (χ4n) is 1.96. The highest BCUT2D eigenvalue weighted by Crippen LogP contribution is 2.30. The zero-order chi connectivity index (χ0) is 16.9. The quantitative estimate of drug-likeness (QED) is 0.848. The minimum atomic E-state index is -4.45. The lowest BCUT2D eigenvalue weighted by Crippen LogP contribution is -2.41. The molecule has 0 bridgehead atoms. The van der Waals surface area contributed by atoms with Crippen LogP contribution >= 0.6 is 0 Å². The van der Waals surface area contributed by atoms with Crippen molar-refractivity contribution < 1.29 is 23.1 Å². The fraction of sp³-hybridized carbons (Fsp3) is 0.533. The van der Waals surface area contributed by atoms with E-state index in [4.69, 9.17) is 0 Å². The average Bonchev–Trinajstić information content (AvgIpc) is 2.36. The van der Waals surface area contributed by atoms with E-state index in [9.17, 15) is 23.1 Å². The Kier molecular flexibility index (Phi) is 6.37. The van der Waals surface area contributed by atoms with E-state index < -0.39 is 23.8 Å². The molecule has 1 amide bonds. The van der Waals surface area contributed by atoms with E-state index in [1.54, 1.807) is 11.8 Å². The maximum absolute atomic E-state index is 12.6. The molecular formula is C15H21F3N2O2. The minimum Gasteiger partial charge on any atom is -0.392 e. The van der Waals surface area contributed by atoms with Crippen molar-refractivity contribution in [2.75, 3.05) is 18.4 Å². The van der Waals surface area contributed by atoms with Crippen LogP contribution in [-0.4, -0.2) is 41.1 Å². The number of rotatable bonds is 6. The van der Waals surface area contributed by atoms with Gasteiger partial charge < -0.3 is 10.4 Å². The molecule has 1 unspecified atom stereocenters. The Labute approximate surface area is 127 Å². The Hall–Kier alpha value is -1.60. The van der Waals surface area contributed by atoms with Crippen molar-refractivity contribution in [3.05, 3.63) is 29.8 Å². The number of nitrogens with zero attached hydrogens (tertiary/aromatic N) is 1. The van der Waals surface area contributed by atoms with Gasteiger partial charge in [-0.05, 0) is 39.0 Å². The van der Waals surface area contributed by atoms with Crippen LogP contribution in [0.2, 0.25) is 0 Å². The summed E-state index contributed by atoms with van der Waals surface area (Å²) in [7, 11) is 0. The summed E-state index contributed by atoms with van der Waals surface area (Å²) in [5.74, 6) is -0.423. The molecule has 0 aromatic heterocycles. The average molecular weight is 318 g/mol. The largest absolute Gasteiger partial charge is 0.416 e. The molecule has 0 aliphatic carbocycles. The van der Waals surface area contributed by atoms with Crippen molar-refractivity contribution in [3.63, 3.8) is 0 Å². The summed E-state index contributed by atoms with van der Waals surface area (Å²) in [4.78, 5) is 13.7.